The third kappa shape index (κ3) is 8.29. The maximum absolute atomic E-state index is 11.8. The summed E-state index contributed by atoms with van der Waals surface area (Å²) in [6.45, 7) is 4.79. The molecule has 0 aliphatic rings. The summed E-state index contributed by atoms with van der Waals surface area (Å²) in [5, 5.41) is 12.4. The van der Waals surface area contributed by atoms with Gasteiger partial charge in [-0.1, -0.05) is 38.5 Å². The first-order valence-corrected chi connectivity index (χ1v) is 8.32. The van der Waals surface area contributed by atoms with E-state index in [4.69, 9.17) is 4.74 Å². The number of nitrogens with one attached hydrogen (secondary N) is 1. The minimum atomic E-state index is 0.0646. The fraction of sp³-hybridized carbons (Fsp3) is 0.526. The number of carbonyl (C=O) groups excluding carboxylic acids is 1. The number of unbranched alkanes of at least 4 members (excludes halogenated alkanes) is 3. The fourth-order valence-electron chi connectivity index (χ4n) is 2.21. The van der Waals surface area contributed by atoms with E-state index in [2.05, 4.69) is 31.3 Å². The first-order chi connectivity index (χ1) is 11.0. The van der Waals surface area contributed by atoms with Gasteiger partial charge < -0.3 is 15.2 Å². The molecule has 1 aromatic carbocycles. The highest BCUT2D eigenvalue weighted by Crippen LogP contribution is 2.26. The smallest absolute Gasteiger partial charge is 0.220 e. The highest BCUT2D eigenvalue weighted by molar-refractivity contribution is 5.75. The van der Waals surface area contributed by atoms with Crippen LogP contribution in [0, 0.1) is 5.92 Å². The molecule has 128 valence electrons. The summed E-state index contributed by atoms with van der Waals surface area (Å²) in [6, 6.07) is 5.08. The van der Waals surface area contributed by atoms with Gasteiger partial charge in [-0.3, -0.25) is 4.79 Å². The molecule has 0 radical (unpaired) electrons. The number of phenolic OH excluding ortho intramolecular Hbond substituents is 1. The molecule has 0 atom stereocenters. The molecule has 0 unspecified atom stereocenters. The molecule has 0 aromatic heterocycles. The number of carbonyl (C=O) groups is 1. The molecule has 0 fully saturated rings. The number of phenols is 1. The number of amides is 1. The van der Waals surface area contributed by atoms with Crippen LogP contribution >= 0.6 is 0 Å². The summed E-state index contributed by atoms with van der Waals surface area (Å²) < 4.78 is 5.05. The average Bonchev–Trinajstić information content (AvgIpc) is 2.52. The Bertz CT molecular complexity index is 509. The van der Waals surface area contributed by atoms with Gasteiger partial charge in [-0.25, -0.2) is 0 Å². The zero-order chi connectivity index (χ0) is 17.1. The van der Waals surface area contributed by atoms with Crippen LogP contribution < -0.4 is 10.1 Å². The van der Waals surface area contributed by atoms with E-state index in [1.165, 1.54) is 7.11 Å². The van der Waals surface area contributed by atoms with Gasteiger partial charge >= 0.3 is 0 Å². The van der Waals surface area contributed by atoms with Crippen LogP contribution in [-0.4, -0.2) is 18.1 Å². The lowest BCUT2D eigenvalue weighted by Gasteiger charge is -2.08. The second-order valence-electron chi connectivity index (χ2n) is 6.05. The SMILES string of the molecule is COc1cc(CNC(=O)CCCCCC=CC(C)C)ccc1O. The number of ether oxygens (including phenoxy) is 1. The normalized spacial score (nSPS) is 11.1. The predicted octanol–water partition coefficient (Wildman–Crippen LogP) is 4.18. The standard InChI is InChI=1S/C19H29NO3/c1-15(2)9-7-5-4-6-8-10-19(22)20-14-16-11-12-17(21)18(13-16)23-3/h7,9,11-13,15,21H,4-6,8,10,14H2,1-3H3,(H,20,22). The van der Waals surface area contributed by atoms with Crippen molar-refractivity contribution in [1.82, 2.24) is 5.32 Å². The largest absolute Gasteiger partial charge is 0.504 e. The van der Waals surface area contributed by atoms with E-state index < -0.39 is 0 Å². The lowest BCUT2D eigenvalue weighted by molar-refractivity contribution is -0.121. The van der Waals surface area contributed by atoms with Crippen LogP contribution in [0.1, 0.15) is 51.5 Å². The predicted molar refractivity (Wildman–Crippen MR) is 93.6 cm³/mol. The molecule has 2 N–H and O–H groups in total. The third-order valence-corrected chi connectivity index (χ3v) is 3.53. The Morgan fingerprint density at radius 2 is 2.09 bits per heavy atom. The monoisotopic (exact) mass is 319 g/mol. The van der Waals surface area contributed by atoms with E-state index in [1.54, 1.807) is 18.2 Å². The van der Waals surface area contributed by atoms with Gasteiger partial charge in [0.05, 0.1) is 7.11 Å². The summed E-state index contributed by atoms with van der Waals surface area (Å²) in [6.07, 6.45) is 9.21. The maximum Gasteiger partial charge on any atom is 0.220 e. The summed E-state index contributed by atoms with van der Waals surface area (Å²) >= 11 is 0. The summed E-state index contributed by atoms with van der Waals surface area (Å²) in [4.78, 5) is 11.8. The molecule has 1 amide bonds. The van der Waals surface area contributed by atoms with Crippen LogP contribution in [0.25, 0.3) is 0 Å². The van der Waals surface area contributed by atoms with Gasteiger partial charge in [0.15, 0.2) is 11.5 Å². The molecule has 1 aromatic rings. The zero-order valence-corrected chi connectivity index (χ0v) is 14.5. The fourth-order valence-corrected chi connectivity index (χ4v) is 2.21. The van der Waals surface area contributed by atoms with Crippen molar-refractivity contribution in [2.24, 2.45) is 5.92 Å². The highest BCUT2D eigenvalue weighted by atomic mass is 16.5. The van der Waals surface area contributed by atoms with Crippen LogP contribution in [0.5, 0.6) is 11.5 Å². The molecular weight excluding hydrogens is 290 g/mol. The van der Waals surface area contributed by atoms with Crippen LogP contribution in [0.4, 0.5) is 0 Å². The topological polar surface area (TPSA) is 58.6 Å². The number of hydrogen-bond acceptors (Lipinski definition) is 3. The van der Waals surface area contributed by atoms with Crippen LogP contribution in [-0.2, 0) is 11.3 Å². The van der Waals surface area contributed by atoms with E-state index in [0.29, 0.717) is 24.6 Å². The molecule has 4 nitrogen and oxygen atoms in total. The zero-order valence-electron chi connectivity index (χ0n) is 14.5. The Morgan fingerprint density at radius 1 is 1.30 bits per heavy atom. The summed E-state index contributed by atoms with van der Waals surface area (Å²) in [5.41, 5.74) is 0.909. The van der Waals surface area contributed by atoms with Gasteiger partial charge in [0.2, 0.25) is 5.91 Å². The minimum Gasteiger partial charge on any atom is -0.504 e. The van der Waals surface area contributed by atoms with Crippen molar-refractivity contribution in [2.75, 3.05) is 7.11 Å². The molecule has 0 spiro atoms. The minimum absolute atomic E-state index is 0.0646. The molecule has 23 heavy (non-hydrogen) atoms. The van der Waals surface area contributed by atoms with E-state index in [0.717, 1.165) is 31.2 Å². The van der Waals surface area contributed by atoms with Gasteiger partial charge in [0, 0.05) is 13.0 Å². The van der Waals surface area contributed by atoms with E-state index in [1.807, 2.05) is 0 Å². The van der Waals surface area contributed by atoms with Crippen molar-refractivity contribution >= 4 is 5.91 Å². The highest BCUT2D eigenvalue weighted by Gasteiger charge is 2.05. The van der Waals surface area contributed by atoms with Crippen LogP contribution in [0.3, 0.4) is 0 Å². The van der Waals surface area contributed by atoms with Crippen molar-refractivity contribution in [1.29, 1.82) is 0 Å². The van der Waals surface area contributed by atoms with Gasteiger partial charge in [-0.2, -0.15) is 0 Å². The molecule has 1 rings (SSSR count). The Morgan fingerprint density at radius 3 is 2.78 bits per heavy atom. The van der Waals surface area contributed by atoms with Crippen LogP contribution in [0.2, 0.25) is 0 Å². The Labute approximate surface area is 139 Å². The number of methoxy groups -OCH3 is 1. The van der Waals surface area contributed by atoms with E-state index in [-0.39, 0.29) is 11.7 Å². The lowest BCUT2D eigenvalue weighted by atomic mass is 10.1. The van der Waals surface area contributed by atoms with Gasteiger partial charge in [0.1, 0.15) is 0 Å². The summed E-state index contributed by atoms with van der Waals surface area (Å²) in [7, 11) is 1.51. The van der Waals surface area contributed by atoms with Gasteiger partial charge in [-0.05, 0) is 42.9 Å². The van der Waals surface area contributed by atoms with Crippen molar-refractivity contribution in [3.63, 3.8) is 0 Å². The van der Waals surface area contributed by atoms with Crippen molar-refractivity contribution < 1.29 is 14.6 Å². The first-order valence-electron chi connectivity index (χ1n) is 8.32. The number of aromatic hydroxyl groups is 1. The third-order valence-electron chi connectivity index (χ3n) is 3.53. The van der Waals surface area contributed by atoms with Crippen molar-refractivity contribution in [3.05, 3.63) is 35.9 Å². The number of allylic oxidation sites excluding steroid dienone is 2. The van der Waals surface area contributed by atoms with Crippen molar-refractivity contribution in [2.45, 2.75) is 52.5 Å². The Balaban J connectivity index is 2.17. The first kappa shape index (κ1) is 19.1. The lowest BCUT2D eigenvalue weighted by Crippen LogP contribution is -2.22. The number of rotatable bonds is 10. The maximum atomic E-state index is 11.8. The number of hydrogen-bond donors (Lipinski definition) is 2. The number of benzene rings is 1. The van der Waals surface area contributed by atoms with Crippen molar-refractivity contribution in [3.8, 4) is 11.5 Å². The Kier molecular flexibility index (Phi) is 8.88. The molecule has 0 aliphatic carbocycles. The van der Waals surface area contributed by atoms with Gasteiger partial charge in [0.25, 0.3) is 0 Å². The van der Waals surface area contributed by atoms with Crippen LogP contribution in [0.15, 0.2) is 30.4 Å². The molecule has 0 heterocycles. The van der Waals surface area contributed by atoms with Gasteiger partial charge in [-0.15, -0.1) is 0 Å². The Hall–Kier alpha value is -1.97. The molecule has 0 saturated heterocycles. The molecule has 4 heteroatoms. The van der Waals surface area contributed by atoms with E-state index in [9.17, 15) is 9.90 Å². The van der Waals surface area contributed by atoms with E-state index >= 15 is 0 Å². The molecule has 0 saturated carbocycles. The second-order valence-corrected chi connectivity index (χ2v) is 6.05. The quantitative estimate of drug-likeness (QED) is 0.502. The molecular formula is C19H29NO3. The average molecular weight is 319 g/mol. The summed E-state index contributed by atoms with van der Waals surface area (Å²) in [5.74, 6) is 1.20. The molecule has 0 bridgehead atoms. The molecule has 0 aliphatic heterocycles. The second kappa shape index (κ2) is 10.7.